The zero-order chi connectivity index (χ0) is 17.0. The van der Waals surface area contributed by atoms with Crippen molar-refractivity contribution in [2.75, 3.05) is 18.4 Å². The second-order valence-electron chi connectivity index (χ2n) is 6.62. The molecule has 0 aliphatic carbocycles. The Morgan fingerprint density at radius 2 is 2.13 bits per heavy atom. The van der Waals surface area contributed by atoms with Gasteiger partial charge in [-0.15, -0.1) is 0 Å². The van der Waals surface area contributed by atoms with Crippen molar-refractivity contribution < 1.29 is 14.7 Å². The minimum Gasteiger partial charge on any atom is -0.465 e. The molecule has 1 aromatic rings. The maximum atomic E-state index is 11.6. The lowest BCUT2D eigenvalue weighted by molar-refractivity contribution is -0.115. The molecular formula is C18H26N2O3. The Morgan fingerprint density at radius 3 is 2.74 bits per heavy atom. The zero-order valence-corrected chi connectivity index (χ0v) is 14.1. The average molecular weight is 318 g/mol. The molecule has 0 fully saturated rings. The van der Waals surface area contributed by atoms with Gasteiger partial charge in [0.1, 0.15) is 0 Å². The molecule has 1 heterocycles. The third-order valence-electron chi connectivity index (χ3n) is 4.31. The van der Waals surface area contributed by atoms with E-state index in [1.54, 1.807) is 0 Å². The van der Waals surface area contributed by atoms with Gasteiger partial charge in [-0.1, -0.05) is 26.8 Å². The maximum absolute atomic E-state index is 11.6. The number of hydrogen-bond acceptors (Lipinski definition) is 2. The Hall–Kier alpha value is -2.04. The average Bonchev–Trinajstić information content (AvgIpc) is 2.66. The second kappa shape index (κ2) is 7.49. The van der Waals surface area contributed by atoms with Gasteiger partial charge in [-0.25, -0.2) is 4.79 Å². The molecule has 0 spiro atoms. The third kappa shape index (κ3) is 4.47. The fraction of sp³-hybridized carbons (Fsp3) is 0.556. The lowest BCUT2D eigenvalue weighted by atomic mass is 9.87. The van der Waals surface area contributed by atoms with Gasteiger partial charge < -0.3 is 15.3 Å². The first-order valence-corrected chi connectivity index (χ1v) is 8.31. The Bertz CT molecular complexity index is 584. The van der Waals surface area contributed by atoms with E-state index < -0.39 is 6.09 Å². The summed E-state index contributed by atoms with van der Waals surface area (Å²) >= 11 is 0. The van der Waals surface area contributed by atoms with Gasteiger partial charge in [0.15, 0.2) is 0 Å². The largest absolute Gasteiger partial charge is 0.465 e. The Morgan fingerprint density at radius 1 is 1.39 bits per heavy atom. The third-order valence-corrected chi connectivity index (χ3v) is 4.31. The van der Waals surface area contributed by atoms with Crippen LogP contribution in [-0.4, -0.2) is 35.1 Å². The number of carbonyl (C=O) groups is 2. The van der Waals surface area contributed by atoms with E-state index in [4.69, 9.17) is 0 Å². The van der Waals surface area contributed by atoms with Gasteiger partial charge >= 0.3 is 6.09 Å². The van der Waals surface area contributed by atoms with E-state index in [1.165, 1.54) is 10.5 Å². The van der Waals surface area contributed by atoms with E-state index in [0.29, 0.717) is 31.8 Å². The van der Waals surface area contributed by atoms with Crippen molar-refractivity contribution in [2.24, 2.45) is 5.92 Å². The minimum absolute atomic E-state index is 0.00975. The number of nitrogens with one attached hydrogen (secondary N) is 1. The van der Waals surface area contributed by atoms with Crippen molar-refractivity contribution >= 4 is 17.7 Å². The summed E-state index contributed by atoms with van der Waals surface area (Å²) in [5.74, 6) is 0.699. The van der Waals surface area contributed by atoms with Crippen molar-refractivity contribution in [1.82, 2.24) is 4.90 Å². The molecule has 2 rings (SSSR count). The number of carboxylic acid groups (broad SMARTS) is 1. The summed E-state index contributed by atoms with van der Waals surface area (Å²) in [5.41, 5.74) is 3.16. The van der Waals surface area contributed by atoms with Gasteiger partial charge in [0.05, 0.1) is 0 Å². The van der Waals surface area contributed by atoms with Crippen molar-refractivity contribution in [3.05, 3.63) is 29.3 Å². The van der Waals surface area contributed by atoms with Gasteiger partial charge in [0.2, 0.25) is 5.91 Å². The first-order valence-electron chi connectivity index (χ1n) is 8.31. The predicted octanol–water partition coefficient (Wildman–Crippen LogP) is 3.70. The maximum Gasteiger partial charge on any atom is 0.407 e. The van der Waals surface area contributed by atoms with Crippen molar-refractivity contribution in [3.63, 3.8) is 0 Å². The minimum atomic E-state index is -0.855. The van der Waals surface area contributed by atoms with E-state index in [9.17, 15) is 14.7 Å². The normalized spacial score (nSPS) is 17.6. The molecule has 0 radical (unpaired) electrons. The second-order valence-corrected chi connectivity index (χ2v) is 6.62. The summed E-state index contributed by atoms with van der Waals surface area (Å²) in [6.07, 6.45) is 1.23. The Labute approximate surface area is 137 Å². The molecule has 5 nitrogen and oxygen atoms in total. The summed E-state index contributed by atoms with van der Waals surface area (Å²) in [5, 5.41) is 12.3. The summed E-state index contributed by atoms with van der Waals surface area (Å²) in [4.78, 5) is 24.5. The standard InChI is InChI=1S/C18H26N2O3/c1-4-17(21)19-15-5-6-16-13(10-15)7-8-20(18(22)23)11-14(16)9-12(2)3/h5-6,10,12,14H,4,7-9,11H2,1-3H3,(H,19,21)(H,22,23). The topological polar surface area (TPSA) is 69.6 Å². The highest BCUT2D eigenvalue weighted by atomic mass is 16.4. The fourth-order valence-electron chi connectivity index (χ4n) is 3.20. The number of amides is 2. The molecule has 2 amide bonds. The number of fused-ring (bicyclic) bond motifs is 1. The molecule has 1 unspecified atom stereocenters. The molecule has 5 heteroatoms. The van der Waals surface area contributed by atoms with Crippen LogP contribution in [0.2, 0.25) is 0 Å². The first-order chi connectivity index (χ1) is 10.9. The van der Waals surface area contributed by atoms with E-state index in [-0.39, 0.29) is 11.8 Å². The van der Waals surface area contributed by atoms with Crippen LogP contribution in [0.25, 0.3) is 0 Å². The fourth-order valence-corrected chi connectivity index (χ4v) is 3.20. The van der Waals surface area contributed by atoms with Crippen LogP contribution in [0, 0.1) is 5.92 Å². The first kappa shape index (κ1) is 17.3. The molecule has 1 aromatic carbocycles. The highest BCUT2D eigenvalue weighted by Crippen LogP contribution is 2.32. The van der Waals surface area contributed by atoms with Crippen LogP contribution in [0.15, 0.2) is 18.2 Å². The molecule has 0 bridgehead atoms. The molecule has 1 atom stereocenters. The summed E-state index contributed by atoms with van der Waals surface area (Å²) in [6.45, 7) is 7.18. The monoisotopic (exact) mass is 318 g/mol. The quantitative estimate of drug-likeness (QED) is 0.889. The number of carbonyl (C=O) groups excluding carboxylic acids is 1. The summed E-state index contributed by atoms with van der Waals surface area (Å²) < 4.78 is 0. The van der Waals surface area contributed by atoms with Crippen LogP contribution in [0.5, 0.6) is 0 Å². The molecule has 1 aliphatic rings. The van der Waals surface area contributed by atoms with Crippen molar-refractivity contribution in [2.45, 2.75) is 46.0 Å². The van der Waals surface area contributed by atoms with Gasteiger partial charge in [-0.05, 0) is 42.0 Å². The highest BCUT2D eigenvalue weighted by molar-refractivity contribution is 5.90. The van der Waals surface area contributed by atoms with Crippen LogP contribution >= 0.6 is 0 Å². The molecule has 0 saturated heterocycles. The summed E-state index contributed by atoms with van der Waals surface area (Å²) in [7, 11) is 0. The van der Waals surface area contributed by atoms with Crippen LogP contribution < -0.4 is 5.32 Å². The zero-order valence-electron chi connectivity index (χ0n) is 14.1. The smallest absolute Gasteiger partial charge is 0.407 e. The molecule has 1 aliphatic heterocycles. The van der Waals surface area contributed by atoms with Gasteiger partial charge in [0, 0.05) is 31.1 Å². The lowest BCUT2D eigenvalue weighted by Crippen LogP contribution is -2.33. The molecular weight excluding hydrogens is 292 g/mol. The van der Waals surface area contributed by atoms with Gasteiger partial charge in [0.25, 0.3) is 0 Å². The van der Waals surface area contributed by atoms with Crippen LogP contribution in [0.3, 0.4) is 0 Å². The number of hydrogen-bond donors (Lipinski definition) is 2. The SMILES string of the molecule is CCC(=O)Nc1ccc2c(c1)CCN(C(=O)O)CC2CC(C)C. The van der Waals surface area contributed by atoms with Crippen LogP contribution in [0.4, 0.5) is 10.5 Å². The number of nitrogens with zero attached hydrogens (tertiary/aromatic N) is 1. The van der Waals surface area contributed by atoms with E-state index >= 15 is 0 Å². The van der Waals surface area contributed by atoms with Crippen LogP contribution in [-0.2, 0) is 11.2 Å². The lowest BCUT2D eigenvalue weighted by Gasteiger charge is -2.24. The molecule has 126 valence electrons. The molecule has 23 heavy (non-hydrogen) atoms. The van der Waals surface area contributed by atoms with Crippen molar-refractivity contribution in [3.8, 4) is 0 Å². The van der Waals surface area contributed by atoms with Gasteiger partial charge in [-0.2, -0.15) is 0 Å². The number of benzene rings is 1. The number of rotatable bonds is 4. The molecule has 2 N–H and O–H groups in total. The van der Waals surface area contributed by atoms with E-state index in [2.05, 4.69) is 25.2 Å². The van der Waals surface area contributed by atoms with Crippen molar-refractivity contribution in [1.29, 1.82) is 0 Å². The Kier molecular flexibility index (Phi) is 5.64. The highest BCUT2D eigenvalue weighted by Gasteiger charge is 2.26. The predicted molar refractivity (Wildman–Crippen MR) is 90.9 cm³/mol. The van der Waals surface area contributed by atoms with Gasteiger partial charge in [-0.3, -0.25) is 4.79 Å². The summed E-state index contributed by atoms with van der Waals surface area (Å²) in [6, 6.07) is 5.98. The van der Waals surface area contributed by atoms with E-state index in [1.807, 2.05) is 19.1 Å². The van der Waals surface area contributed by atoms with E-state index in [0.717, 1.165) is 17.7 Å². The van der Waals surface area contributed by atoms with Crippen LogP contribution in [0.1, 0.15) is 50.7 Å². The molecule has 0 aromatic heterocycles. The molecule has 0 saturated carbocycles. The Balaban J connectivity index is 2.30. The number of anilines is 1.